The fourth-order valence-corrected chi connectivity index (χ4v) is 3.39. The molecule has 2 aromatic carbocycles. The lowest BCUT2D eigenvalue weighted by molar-refractivity contribution is -0.120. The maximum atomic E-state index is 12.2. The molecule has 27 heavy (non-hydrogen) atoms. The van der Waals surface area contributed by atoms with Crippen molar-refractivity contribution in [2.75, 3.05) is 12.4 Å². The Balaban J connectivity index is 1.86. The third-order valence-corrected chi connectivity index (χ3v) is 5.93. The summed E-state index contributed by atoms with van der Waals surface area (Å²) in [6.45, 7) is 4.84. The fourth-order valence-electron chi connectivity index (χ4n) is 2.51. The third-order valence-electron chi connectivity index (χ3n) is 4.18. The van der Waals surface area contributed by atoms with E-state index in [1.807, 2.05) is 24.3 Å². The van der Waals surface area contributed by atoms with Crippen molar-refractivity contribution in [1.82, 2.24) is 5.32 Å². The maximum absolute atomic E-state index is 12.2. The molecule has 0 aliphatic carbocycles. The van der Waals surface area contributed by atoms with Gasteiger partial charge in [0.1, 0.15) is 5.75 Å². The Labute approximate surface area is 161 Å². The summed E-state index contributed by atoms with van der Waals surface area (Å²) in [6.07, 6.45) is 2.31. The topological polar surface area (TPSA) is 72.5 Å². The highest BCUT2D eigenvalue weighted by molar-refractivity contribution is 7.91. The number of carbonyl (C=O) groups excluding carboxylic acids is 1. The Morgan fingerprint density at radius 3 is 2.44 bits per heavy atom. The van der Waals surface area contributed by atoms with Crippen molar-refractivity contribution in [3.8, 4) is 5.75 Å². The fraction of sp³-hybridized carbons (Fsp3) is 0.381. The van der Waals surface area contributed by atoms with E-state index in [1.54, 1.807) is 31.2 Å². The maximum Gasteiger partial charge on any atom is 0.224 e. The van der Waals surface area contributed by atoms with Gasteiger partial charge in [-0.2, -0.15) is 0 Å². The molecule has 0 unspecified atom stereocenters. The Kier molecular flexibility index (Phi) is 7.85. The predicted octanol–water partition coefficient (Wildman–Crippen LogP) is 3.52. The molecule has 0 saturated carbocycles. The first-order valence-electron chi connectivity index (χ1n) is 9.24. The van der Waals surface area contributed by atoms with Gasteiger partial charge < -0.3 is 10.1 Å². The summed E-state index contributed by atoms with van der Waals surface area (Å²) in [5.41, 5.74) is 1.75. The van der Waals surface area contributed by atoms with E-state index < -0.39 is 9.84 Å². The molecule has 6 heteroatoms. The largest absolute Gasteiger partial charge is 0.494 e. The molecule has 2 aromatic rings. The lowest BCUT2D eigenvalue weighted by Crippen LogP contribution is -2.24. The zero-order chi connectivity index (χ0) is 19.7. The van der Waals surface area contributed by atoms with Gasteiger partial charge in [-0.05, 0) is 41.8 Å². The van der Waals surface area contributed by atoms with Crippen LogP contribution in [0, 0.1) is 0 Å². The molecule has 0 aromatic heterocycles. The number of rotatable bonds is 10. The SMILES string of the molecule is CCCCOc1cccc(CNC(=O)Cc2ccc(S(=O)(=O)CC)cc2)c1. The summed E-state index contributed by atoms with van der Waals surface area (Å²) >= 11 is 0. The third kappa shape index (κ3) is 6.71. The van der Waals surface area contributed by atoms with Crippen molar-refractivity contribution in [2.24, 2.45) is 0 Å². The van der Waals surface area contributed by atoms with Crippen LogP contribution in [-0.4, -0.2) is 26.7 Å². The molecule has 146 valence electrons. The van der Waals surface area contributed by atoms with E-state index in [-0.39, 0.29) is 23.0 Å². The average molecular weight is 390 g/mol. The van der Waals surface area contributed by atoms with Gasteiger partial charge in [0.2, 0.25) is 5.91 Å². The lowest BCUT2D eigenvalue weighted by Gasteiger charge is -2.09. The van der Waals surface area contributed by atoms with Gasteiger partial charge >= 0.3 is 0 Å². The molecule has 0 saturated heterocycles. The van der Waals surface area contributed by atoms with Crippen LogP contribution in [0.2, 0.25) is 0 Å². The average Bonchev–Trinajstić information content (AvgIpc) is 2.67. The Morgan fingerprint density at radius 2 is 1.78 bits per heavy atom. The highest BCUT2D eigenvalue weighted by Gasteiger charge is 2.11. The number of nitrogens with one attached hydrogen (secondary N) is 1. The van der Waals surface area contributed by atoms with Crippen LogP contribution in [-0.2, 0) is 27.6 Å². The molecule has 1 amide bonds. The Hall–Kier alpha value is -2.34. The molecule has 0 spiro atoms. The standard InChI is InChI=1S/C21H27NO4S/c1-3-5-13-26-19-8-6-7-18(14-19)16-22-21(23)15-17-9-11-20(12-10-17)27(24,25)4-2/h6-12,14H,3-5,13,15-16H2,1-2H3,(H,22,23). The highest BCUT2D eigenvalue weighted by Crippen LogP contribution is 2.15. The van der Waals surface area contributed by atoms with Gasteiger partial charge in [0.15, 0.2) is 9.84 Å². The molecule has 1 N–H and O–H groups in total. The molecular formula is C21H27NO4S. The molecular weight excluding hydrogens is 362 g/mol. The van der Waals surface area contributed by atoms with Gasteiger partial charge in [-0.15, -0.1) is 0 Å². The number of amides is 1. The first-order chi connectivity index (χ1) is 12.9. The molecule has 0 aliphatic rings. The van der Waals surface area contributed by atoms with Crippen molar-refractivity contribution >= 4 is 15.7 Å². The summed E-state index contributed by atoms with van der Waals surface area (Å²) in [5, 5.41) is 2.89. The van der Waals surface area contributed by atoms with Gasteiger partial charge in [-0.3, -0.25) is 4.79 Å². The Morgan fingerprint density at radius 1 is 1.04 bits per heavy atom. The quantitative estimate of drug-likeness (QED) is 0.631. The van der Waals surface area contributed by atoms with E-state index >= 15 is 0 Å². The van der Waals surface area contributed by atoms with Crippen molar-refractivity contribution in [3.05, 3.63) is 59.7 Å². The van der Waals surface area contributed by atoms with Gasteiger partial charge in [-0.25, -0.2) is 8.42 Å². The van der Waals surface area contributed by atoms with Crippen LogP contribution < -0.4 is 10.1 Å². The van der Waals surface area contributed by atoms with Crippen LogP contribution in [0.25, 0.3) is 0 Å². The molecule has 0 fully saturated rings. The van der Waals surface area contributed by atoms with Crippen LogP contribution in [0.15, 0.2) is 53.4 Å². The van der Waals surface area contributed by atoms with E-state index in [0.717, 1.165) is 29.7 Å². The van der Waals surface area contributed by atoms with Crippen LogP contribution in [0.4, 0.5) is 0 Å². The lowest BCUT2D eigenvalue weighted by atomic mass is 10.1. The smallest absolute Gasteiger partial charge is 0.224 e. The van der Waals surface area contributed by atoms with E-state index in [1.165, 1.54) is 0 Å². The van der Waals surface area contributed by atoms with Crippen LogP contribution >= 0.6 is 0 Å². The molecule has 0 bridgehead atoms. The zero-order valence-electron chi connectivity index (χ0n) is 15.9. The van der Waals surface area contributed by atoms with Gasteiger partial charge in [0, 0.05) is 6.54 Å². The van der Waals surface area contributed by atoms with Crippen molar-refractivity contribution in [2.45, 2.75) is 44.6 Å². The summed E-state index contributed by atoms with van der Waals surface area (Å²) in [7, 11) is -3.21. The summed E-state index contributed by atoms with van der Waals surface area (Å²) < 4.78 is 29.3. The summed E-state index contributed by atoms with van der Waals surface area (Å²) in [5.74, 6) is 0.759. The molecule has 0 aliphatic heterocycles. The number of benzene rings is 2. The van der Waals surface area contributed by atoms with Gasteiger partial charge in [-0.1, -0.05) is 44.5 Å². The minimum atomic E-state index is -3.21. The first kappa shape index (κ1) is 21.0. The number of carbonyl (C=O) groups is 1. The molecule has 5 nitrogen and oxygen atoms in total. The van der Waals surface area contributed by atoms with Crippen molar-refractivity contribution < 1.29 is 17.9 Å². The Bertz CT molecular complexity index is 845. The van der Waals surface area contributed by atoms with Crippen molar-refractivity contribution in [3.63, 3.8) is 0 Å². The molecule has 0 heterocycles. The van der Waals surface area contributed by atoms with Gasteiger partial charge in [0.25, 0.3) is 0 Å². The van der Waals surface area contributed by atoms with Crippen LogP contribution in [0.3, 0.4) is 0 Å². The number of ether oxygens (including phenoxy) is 1. The van der Waals surface area contributed by atoms with Crippen LogP contribution in [0.1, 0.15) is 37.8 Å². The monoisotopic (exact) mass is 389 g/mol. The second-order valence-corrected chi connectivity index (χ2v) is 8.63. The van der Waals surface area contributed by atoms with Crippen LogP contribution in [0.5, 0.6) is 5.75 Å². The second-order valence-electron chi connectivity index (χ2n) is 6.35. The van der Waals surface area contributed by atoms with E-state index in [2.05, 4.69) is 12.2 Å². The second kappa shape index (κ2) is 10.1. The van der Waals surface area contributed by atoms with E-state index in [0.29, 0.717) is 13.2 Å². The summed E-state index contributed by atoms with van der Waals surface area (Å²) in [4.78, 5) is 12.4. The normalized spacial score (nSPS) is 11.2. The summed E-state index contributed by atoms with van der Waals surface area (Å²) in [6, 6.07) is 14.2. The molecule has 0 atom stereocenters. The van der Waals surface area contributed by atoms with Gasteiger partial charge in [0.05, 0.1) is 23.7 Å². The minimum absolute atomic E-state index is 0.0635. The molecule has 2 rings (SSSR count). The van der Waals surface area contributed by atoms with E-state index in [4.69, 9.17) is 4.74 Å². The zero-order valence-corrected chi connectivity index (χ0v) is 16.7. The number of sulfone groups is 1. The minimum Gasteiger partial charge on any atom is -0.494 e. The van der Waals surface area contributed by atoms with E-state index in [9.17, 15) is 13.2 Å². The number of hydrogen-bond donors (Lipinski definition) is 1. The predicted molar refractivity (Wildman–Crippen MR) is 107 cm³/mol. The highest BCUT2D eigenvalue weighted by atomic mass is 32.2. The first-order valence-corrected chi connectivity index (χ1v) is 10.9. The number of hydrogen-bond acceptors (Lipinski definition) is 4. The van der Waals surface area contributed by atoms with Crippen molar-refractivity contribution in [1.29, 1.82) is 0 Å². The number of unbranched alkanes of at least 4 members (excludes halogenated alkanes) is 1. The molecule has 0 radical (unpaired) electrons.